The predicted octanol–water partition coefficient (Wildman–Crippen LogP) is 1.74. The maximum Gasteiger partial charge on any atom is 0.243 e. The van der Waals surface area contributed by atoms with Gasteiger partial charge in [-0.15, -0.1) is 0 Å². The number of hydrogen-bond acceptors (Lipinski definition) is 5. The minimum Gasteiger partial charge on any atom is -0.490 e. The Hall–Kier alpha value is -2.06. The van der Waals surface area contributed by atoms with Crippen LogP contribution in [-0.4, -0.2) is 38.0 Å². The van der Waals surface area contributed by atoms with Crippen molar-refractivity contribution in [1.82, 2.24) is 14.5 Å². The molecule has 132 valence electrons. The third-order valence-corrected chi connectivity index (χ3v) is 4.72. The molecule has 2 rings (SSSR count). The maximum absolute atomic E-state index is 12.1. The van der Waals surface area contributed by atoms with Crippen LogP contribution < -0.4 is 14.2 Å². The lowest BCUT2D eigenvalue weighted by Gasteiger charge is -2.12. The molecule has 0 radical (unpaired) electrons. The van der Waals surface area contributed by atoms with Gasteiger partial charge in [0.05, 0.1) is 19.4 Å². The number of nitrogens with zero attached hydrogens (tertiary/aromatic N) is 2. The highest BCUT2D eigenvalue weighted by Gasteiger charge is 2.15. The molecule has 0 saturated heterocycles. The third-order valence-electron chi connectivity index (χ3n) is 3.31. The van der Waals surface area contributed by atoms with E-state index in [2.05, 4.69) is 9.82 Å². The fraction of sp³-hybridized carbons (Fsp3) is 0.438. The minimum atomic E-state index is -3.54. The van der Waals surface area contributed by atoms with E-state index in [4.69, 9.17) is 9.47 Å². The van der Waals surface area contributed by atoms with Crippen LogP contribution >= 0.6 is 0 Å². The first kappa shape index (κ1) is 18.3. The second kappa shape index (κ2) is 8.16. The Morgan fingerprint density at radius 3 is 2.50 bits per heavy atom. The van der Waals surface area contributed by atoms with Crippen molar-refractivity contribution < 1.29 is 17.9 Å². The van der Waals surface area contributed by atoms with Crippen molar-refractivity contribution in [2.45, 2.75) is 25.2 Å². The van der Waals surface area contributed by atoms with Crippen molar-refractivity contribution in [3.8, 4) is 11.5 Å². The molecule has 0 saturated carbocycles. The SMILES string of the molecule is CCOc1ccc(CCNS(=O)(=O)c2cnn(C)c2)cc1OCC. The van der Waals surface area contributed by atoms with E-state index in [1.807, 2.05) is 32.0 Å². The molecular weight excluding hydrogens is 330 g/mol. The van der Waals surface area contributed by atoms with Crippen LogP contribution in [0.2, 0.25) is 0 Å². The summed E-state index contributed by atoms with van der Waals surface area (Å²) in [5.74, 6) is 1.37. The van der Waals surface area contributed by atoms with Crippen molar-refractivity contribution in [3.63, 3.8) is 0 Å². The monoisotopic (exact) mass is 353 g/mol. The van der Waals surface area contributed by atoms with Crippen molar-refractivity contribution in [1.29, 1.82) is 0 Å². The van der Waals surface area contributed by atoms with Crippen LogP contribution in [0.1, 0.15) is 19.4 Å². The molecule has 1 N–H and O–H groups in total. The first-order valence-corrected chi connectivity index (χ1v) is 9.31. The standard InChI is InChI=1S/C16H23N3O4S/c1-4-22-15-7-6-13(10-16(15)23-5-2)8-9-18-24(20,21)14-11-17-19(3)12-14/h6-7,10-12,18H,4-5,8-9H2,1-3H3. The van der Waals surface area contributed by atoms with E-state index >= 15 is 0 Å². The molecule has 0 unspecified atom stereocenters. The van der Waals surface area contributed by atoms with Gasteiger partial charge in [0.2, 0.25) is 10.0 Å². The molecule has 0 fully saturated rings. The molecule has 0 aliphatic heterocycles. The average molecular weight is 353 g/mol. The molecule has 1 aromatic heterocycles. The molecule has 0 bridgehead atoms. The average Bonchev–Trinajstić information content (AvgIpc) is 2.97. The number of hydrogen-bond donors (Lipinski definition) is 1. The quantitative estimate of drug-likeness (QED) is 0.742. The Morgan fingerprint density at radius 1 is 1.17 bits per heavy atom. The second-order valence-corrected chi connectivity index (χ2v) is 6.91. The zero-order valence-corrected chi connectivity index (χ0v) is 15.0. The summed E-state index contributed by atoms with van der Waals surface area (Å²) in [5, 5.41) is 3.88. The molecule has 8 heteroatoms. The Bertz CT molecular complexity index is 771. The fourth-order valence-electron chi connectivity index (χ4n) is 2.20. The predicted molar refractivity (Wildman–Crippen MR) is 90.9 cm³/mol. The van der Waals surface area contributed by atoms with Crippen LogP contribution in [0.3, 0.4) is 0 Å². The van der Waals surface area contributed by atoms with E-state index in [0.29, 0.717) is 31.1 Å². The minimum absolute atomic E-state index is 0.159. The highest BCUT2D eigenvalue weighted by atomic mass is 32.2. The summed E-state index contributed by atoms with van der Waals surface area (Å²) in [6.07, 6.45) is 3.34. The van der Waals surface area contributed by atoms with E-state index < -0.39 is 10.0 Å². The van der Waals surface area contributed by atoms with Gasteiger partial charge in [-0.25, -0.2) is 13.1 Å². The van der Waals surface area contributed by atoms with E-state index in [-0.39, 0.29) is 11.4 Å². The van der Waals surface area contributed by atoms with Crippen molar-refractivity contribution in [2.24, 2.45) is 7.05 Å². The number of nitrogens with one attached hydrogen (secondary N) is 1. The summed E-state index contributed by atoms with van der Waals surface area (Å²) < 4.78 is 39.4. The third kappa shape index (κ3) is 4.72. The normalized spacial score (nSPS) is 11.5. The van der Waals surface area contributed by atoms with Gasteiger partial charge in [0.1, 0.15) is 4.90 Å². The van der Waals surface area contributed by atoms with Crippen LogP contribution in [0.4, 0.5) is 0 Å². The van der Waals surface area contributed by atoms with Crippen molar-refractivity contribution >= 4 is 10.0 Å². The lowest BCUT2D eigenvalue weighted by atomic mass is 10.1. The fourth-order valence-corrected chi connectivity index (χ4v) is 3.22. The molecule has 1 heterocycles. The number of ether oxygens (including phenoxy) is 2. The molecule has 24 heavy (non-hydrogen) atoms. The van der Waals surface area contributed by atoms with Gasteiger partial charge in [-0.3, -0.25) is 4.68 Å². The van der Waals surface area contributed by atoms with E-state index in [1.54, 1.807) is 7.05 Å². The van der Waals surface area contributed by atoms with Crippen LogP contribution in [-0.2, 0) is 23.5 Å². The first-order chi connectivity index (χ1) is 11.5. The smallest absolute Gasteiger partial charge is 0.243 e. The van der Waals surface area contributed by atoms with Gasteiger partial charge < -0.3 is 9.47 Å². The first-order valence-electron chi connectivity index (χ1n) is 7.83. The summed E-state index contributed by atoms with van der Waals surface area (Å²) in [6, 6.07) is 5.64. The summed E-state index contributed by atoms with van der Waals surface area (Å²) in [6.45, 7) is 5.21. The lowest BCUT2D eigenvalue weighted by molar-refractivity contribution is 0.287. The molecule has 0 amide bonds. The zero-order chi connectivity index (χ0) is 17.6. The van der Waals surface area contributed by atoms with Gasteiger partial charge in [-0.05, 0) is 38.0 Å². The van der Waals surface area contributed by atoms with Gasteiger partial charge in [0.25, 0.3) is 0 Å². The highest BCUT2D eigenvalue weighted by Crippen LogP contribution is 2.28. The number of sulfonamides is 1. The van der Waals surface area contributed by atoms with Crippen LogP contribution in [0.5, 0.6) is 11.5 Å². The summed E-state index contributed by atoms with van der Waals surface area (Å²) in [7, 11) is -1.86. The topological polar surface area (TPSA) is 82.5 Å². The van der Waals surface area contributed by atoms with Crippen LogP contribution in [0.15, 0.2) is 35.5 Å². The maximum atomic E-state index is 12.1. The van der Waals surface area contributed by atoms with E-state index in [9.17, 15) is 8.42 Å². The van der Waals surface area contributed by atoms with Crippen LogP contribution in [0.25, 0.3) is 0 Å². The number of aryl methyl sites for hydroxylation is 1. The van der Waals surface area contributed by atoms with Gasteiger partial charge in [-0.2, -0.15) is 5.10 Å². The lowest BCUT2D eigenvalue weighted by Crippen LogP contribution is -2.25. The summed E-state index contributed by atoms with van der Waals surface area (Å²) in [4.78, 5) is 0.159. The molecular formula is C16H23N3O4S. The molecule has 0 aliphatic rings. The molecule has 2 aromatic rings. The Kier molecular flexibility index (Phi) is 6.22. The van der Waals surface area contributed by atoms with Gasteiger partial charge >= 0.3 is 0 Å². The van der Waals surface area contributed by atoms with Crippen molar-refractivity contribution in [3.05, 3.63) is 36.2 Å². The number of benzene rings is 1. The van der Waals surface area contributed by atoms with Gasteiger partial charge in [-0.1, -0.05) is 6.07 Å². The Labute approximate surface area is 142 Å². The molecule has 0 aliphatic carbocycles. The largest absolute Gasteiger partial charge is 0.490 e. The zero-order valence-electron chi connectivity index (χ0n) is 14.2. The van der Waals surface area contributed by atoms with E-state index in [1.165, 1.54) is 17.1 Å². The Morgan fingerprint density at radius 2 is 1.88 bits per heavy atom. The van der Waals surface area contributed by atoms with Crippen LogP contribution in [0, 0.1) is 0 Å². The Balaban J connectivity index is 2.00. The number of aromatic nitrogens is 2. The number of rotatable bonds is 9. The second-order valence-electron chi connectivity index (χ2n) is 5.14. The molecule has 0 atom stereocenters. The summed E-state index contributed by atoms with van der Waals surface area (Å²) >= 11 is 0. The molecule has 7 nitrogen and oxygen atoms in total. The molecule has 1 aromatic carbocycles. The van der Waals surface area contributed by atoms with Crippen molar-refractivity contribution in [2.75, 3.05) is 19.8 Å². The highest BCUT2D eigenvalue weighted by molar-refractivity contribution is 7.89. The summed E-state index contributed by atoms with van der Waals surface area (Å²) in [5.41, 5.74) is 0.968. The van der Waals surface area contributed by atoms with Gasteiger partial charge in [0.15, 0.2) is 11.5 Å². The van der Waals surface area contributed by atoms with Gasteiger partial charge in [0, 0.05) is 19.8 Å². The molecule has 0 spiro atoms. The van der Waals surface area contributed by atoms with E-state index in [0.717, 1.165) is 5.56 Å².